The Hall–Kier alpha value is -4.11. The summed E-state index contributed by atoms with van der Waals surface area (Å²) in [5, 5.41) is 8.13. The average molecular weight is 478 g/mol. The molecule has 3 N–H and O–H groups in total. The van der Waals surface area contributed by atoms with Crippen molar-refractivity contribution in [2.45, 2.75) is 12.5 Å². The van der Waals surface area contributed by atoms with Gasteiger partial charge in [-0.3, -0.25) is 9.59 Å². The van der Waals surface area contributed by atoms with Crippen molar-refractivity contribution in [3.8, 4) is 5.75 Å². The smallest absolute Gasteiger partial charge is 0.329 e. The number of esters is 1. The first-order valence-corrected chi connectivity index (χ1v) is 11.4. The maximum absolute atomic E-state index is 12.9. The fourth-order valence-corrected chi connectivity index (χ4v) is 4.15. The molecule has 0 bridgehead atoms. The number of amides is 2. The molecule has 0 aliphatic carbocycles. The van der Waals surface area contributed by atoms with Crippen LogP contribution in [-0.2, 0) is 20.7 Å². The summed E-state index contributed by atoms with van der Waals surface area (Å²) in [5.74, 6) is -1.11. The highest BCUT2D eigenvalue weighted by Gasteiger charge is 2.26. The molecule has 2 aromatic carbocycles. The molecule has 4 aromatic rings. The van der Waals surface area contributed by atoms with Crippen LogP contribution in [0.3, 0.4) is 0 Å². The van der Waals surface area contributed by atoms with E-state index in [-0.39, 0.29) is 12.3 Å². The summed E-state index contributed by atoms with van der Waals surface area (Å²) in [6, 6.07) is 17.0. The first-order chi connectivity index (χ1) is 16.5. The number of rotatable bonds is 9. The number of fused-ring (bicyclic) bond motifs is 1. The van der Waals surface area contributed by atoms with E-state index in [0.717, 1.165) is 16.5 Å². The largest absolute Gasteiger partial charge is 0.495 e. The van der Waals surface area contributed by atoms with Crippen LogP contribution in [0.25, 0.3) is 10.9 Å². The molecule has 0 saturated heterocycles. The Balaban J connectivity index is 1.45. The molecule has 0 fully saturated rings. The Morgan fingerprint density at radius 3 is 2.62 bits per heavy atom. The fraction of sp³-hybridized carbons (Fsp3) is 0.160. The first-order valence-electron chi connectivity index (χ1n) is 10.5. The molecule has 2 aromatic heterocycles. The maximum atomic E-state index is 12.9. The number of methoxy groups -OCH3 is 1. The van der Waals surface area contributed by atoms with Gasteiger partial charge < -0.3 is 25.1 Å². The van der Waals surface area contributed by atoms with Crippen LogP contribution < -0.4 is 15.4 Å². The van der Waals surface area contributed by atoms with Gasteiger partial charge in [0.05, 0.1) is 17.7 Å². The topological polar surface area (TPSA) is 110 Å². The standard InChI is InChI=1S/C25H23N3O5S/c1-32-21-10-5-4-9-19(21)27-23(29)15-33-25(31)20(28-24(30)22-11-6-12-34-22)13-16-14-26-18-8-3-2-7-17(16)18/h2-12,14,20,26H,13,15H2,1H3,(H,27,29)(H,28,30)/t20-/m0/s1. The summed E-state index contributed by atoms with van der Waals surface area (Å²) in [6.45, 7) is -0.504. The summed E-state index contributed by atoms with van der Waals surface area (Å²) in [7, 11) is 1.50. The molecule has 1 atom stereocenters. The third-order valence-corrected chi connectivity index (χ3v) is 6.03. The molecule has 2 heterocycles. The van der Waals surface area contributed by atoms with Gasteiger partial charge in [-0.1, -0.05) is 36.4 Å². The van der Waals surface area contributed by atoms with Gasteiger partial charge >= 0.3 is 5.97 Å². The van der Waals surface area contributed by atoms with Crippen LogP contribution in [0.4, 0.5) is 5.69 Å². The van der Waals surface area contributed by atoms with Crippen molar-refractivity contribution in [1.82, 2.24) is 10.3 Å². The van der Waals surface area contributed by atoms with Gasteiger partial charge in [-0.2, -0.15) is 0 Å². The summed E-state index contributed by atoms with van der Waals surface area (Å²) >= 11 is 1.27. The van der Waals surface area contributed by atoms with Crippen LogP contribution in [0, 0.1) is 0 Å². The summed E-state index contributed by atoms with van der Waals surface area (Å²) < 4.78 is 10.5. The number of anilines is 1. The van der Waals surface area contributed by atoms with E-state index in [1.807, 2.05) is 24.3 Å². The summed E-state index contributed by atoms with van der Waals surface area (Å²) in [5.41, 5.74) is 2.24. The van der Waals surface area contributed by atoms with Crippen LogP contribution in [0.15, 0.2) is 72.2 Å². The van der Waals surface area contributed by atoms with E-state index in [9.17, 15) is 14.4 Å². The van der Waals surface area contributed by atoms with Gasteiger partial charge in [0.25, 0.3) is 11.8 Å². The Morgan fingerprint density at radius 2 is 1.82 bits per heavy atom. The highest BCUT2D eigenvalue weighted by atomic mass is 32.1. The number of ether oxygens (including phenoxy) is 2. The van der Waals surface area contributed by atoms with Crippen molar-refractivity contribution in [3.05, 3.63) is 82.7 Å². The quantitative estimate of drug-likeness (QED) is 0.318. The van der Waals surface area contributed by atoms with E-state index in [2.05, 4.69) is 15.6 Å². The predicted molar refractivity (Wildman–Crippen MR) is 130 cm³/mol. The van der Waals surface area contributed by atoms with Crippen molar-refractivity contribution in [1.29, 1.82) is 0 Å². The molecule has 0 radical (unpaired) electrons. The molecule has 0 unspecified atom stereocenters. The second-order valence-electron chi connectivity index (χ2n) is 7.42. The zero-order valence-corrected chi connectivity index (χ0v) is 19.2. The Labute approximate surface area is 199 Å². The van der Waals surface area contributed by atoms with Crippen LogP contribution in [-0.4, -0.2) is 42.5 Å². The maximum Gasteiger partial charge on any atom is 0.329 e. The van der Waals surface area contributed by atoms with Crippen LogP contribution in [0.1, 0.15) is 15.2 Å². The van der Waals surface area contributed by atoms with Crippen molar-refractivity contribution >= 4 is 45.7 Å². The normalized spacial score (nSPS) is 11.6. The van der Waals surface area contributed by atoms with Gasteiger partial charge in [-0.15, -0.1) is 11.3 Å². The lowest BCUT2D eigenvalue weighted by Crippen LogP contribution is -2.43. The molecule has 0 aliphatic heterocycles. The number of nitrogens with one attached hydrogen (secondary N) is 3. The highest BCUT2D eigenvalue weighted by molar-refractivity contribution is 7.12. The summed E-state index contributed by atoms with van der Waals surface area (Å²) in [6.07, 6.45) is 2.00. The lowest BCUT2D eigenvalue weighted by atomic mass is 10.0. The molecule has 4 rings (SSSR count). The SMILES string of the molecule is COc1ccccc1NC(=O)COC(=O)[C@H](Cc1c[nH]c2ccccc12)NC(=O)c1cccs1. The number of aromatic nitrogens is 1. The third-order valence-electron chi connectivity index (χ3n) is 5.16. The lowest BCUT2D eigenvalue weighted by molar-refractivity contribution is -0.149. The zero-order chi connectivity index (χ0) is 23.9. The Morgan fingerprint density at radius 1 is 1.03 bits per heavy atom. The van der Waals surface area contributed by atoms with Crippen LogP contribution in [0.2, 0.25) is 0 Å². The first kappa shape index (κ1) is 23.1. The minimum Gasteiger partial charge on any atom is -0.495 e. The highest BCUT2D eigenvalue weighted by Crippen LogP contribution is 2.23. The van der Waals surface area contributed by atoms with Gasteiger partial charge in [-0.05, 0) is 35.2 Å². The number of carbonyl (C=O) groups is 3. The summed E-state index contributed by atoms with van der Waals surface area (Å²) in [4.78, 5) is 41.6. The molecule has 0 saturated carbocycles. The Bertz CT molecular complexity index is 1300. The van der Waals surface area contributed by atoms with Crippen LogP contribution in [0.5, 0.6) is 5.75 Å². The lowest BCUT2D eigenvalue weighted by Gasteiger charge is -2.17. The predicted octanol–water partition coefficient (Wildman–Crippen LogP) is 3.76. The minimum atomic E-state index is -0.979. The van der Waals surface area contributed by atoms with E-state index in [4.69, 9.17) is 9.47 Å². The molecular weight excluding hydrogens is 454 g/mol. The molecular formula is C25H23N3O5S. The number of hydrogen-bond acceptors (Lipinski definition) is 6. The number of thiophene rings is 1. The van der Waals surface area contributed by atoms with E-state index < -0.39 is 24.5 Å². The van der Waals surface area contributed by atoms with Crippen molar-refractivity contribution in [3.63, 3.8) is 0 Å². The number of H-pyrrole nitrogens is 1. The van der Waals surface area contributed by atoms with Gasteiger partial charge in [0.2, 0.25) is 0 Å². The molecule has 2 amide bonds. The molecule has 8 nitrogen and oxygen atoms in total. The average Bonchev–Trinajstić information content (AvgIpc) is 3.53. The fourth-order valence-electron chi connectivity index (χ4n) is 3.52. The van der Waals surface area contributed by atoms with Gasteiger partial charge in [0, 0.05) is 23.5 Å². The van der Waals surface area contributed by atoms with Crippen molar-refractivity contribution in [2.75, 3.05) is 19.0 Å². The van der Waals surface area contributed by atoms with E-state index in [0.29, 0.717) is 16.3 Å². The number of hydrogen-bond donors (Lipinski definition) is 3. The number of para-hydroxylation sites is 3. The van der Waals surface area contributed by atoms with E-state index >= 15 is 0 Å². The second kappa shape index (κ2) is 10.7. The molecule has 9 heteroatoms. The molecule has 174 valence electrons. The molecule has 0 spiro atoms. The molecule has 0 aliphatic rings. The van der Waals surface area contributed by atoms with Crippen molar-refractivity contribution < 1.29 is 23.9 Å². The van der Waals surface area contributed by atoms with Gasteiger partial charge in [-0.25, -0.2) is 4.79 Å². The second-order valence-corrected chi connectivity index (χ2v) is 8.37. The molecule has 34 heavy (non-hydrogen) atoms. The van der Waals surface area contributed by atoms with Crippen LogP contribution >= 0.6 is 11.3 Å². The zero-order valence-electron chi connectivity index (χ0n) is 18.4. The van der Waals surface area contributed by atoms with E-state index in [1.54, 1.807) is 48.0 Å². The third kappa shape index (κ3) is 5.44. The van der Waals surface area contributed by atoms with E-state index in [1.165, 1.54) is 18.4 Å². The Kier molecular flexibility index (Phi) is 7.24. The van der Waals surface area contributed by atoms with Crippen molar-refractivity contribution in [2.24, 2.45) is 0 Å². The minimum absolute atomic E-state index is 0.202. The van der Waals surface area contributed by atoms with Gasteiger partial charge in [0.1, 0.15) is 11.8 Å². The number of carbonyl (C=O) groups excluding carboxylic acids is 3. The monoisotopic (exact) mass is 477 g/mol. The number of aromatic amines is 1. The number of benzene rings is 2. The van der Waals surface area contributed by atoms with Gasteiger partial charge in [0.15, 0.2) is 6.61 Å².